The van der Waals surface area contributed by atoms with E-state index < -0.39 is 24.5 Å². The van der Waals surface area contributed by atoms with Crippen LogP contribution in [0, 0.1) is 0 Å². The van der Waals surface area contributed by atoms with Crippen molar-refractivity contribution < 1.29 is 29.9 Å². The van der Waals surface area contributed by atoms with E-state index in [0.29, 0.717) is 62.3 Å². The zero-order valence-corrected chi connectivity index (χ0v) is 31.8. The number of aryl methyl sites for hydroxylation is 1. The van der Waals surface area contributed by atoms with Crippen LogP contribution in [-0.2, 0) is 16.0 Å². The van der Waals surface area contributed by atoms with Crippen molar-refractivity contribution in [1.29, 1.82) is 0 Å². The minimum absolute atomic E-state index is 0.0879. The molecule has 0 spiro atoms. The quantitative estimate of drug-likeness (QED) is 0.105. The number of benzene rings is 2. The van der Waals surface area contributed by atoms with Gasteiger partial charge in [0.15, 0.2) is 29.3 Å². The van der Waals surface area contributed by atoms with Crippen LogP contribution in [0.25, 0.3) is 11.2 Å². The summed E-state index contributed by atoms with van der Waals surface area (Å²) in [7, 11) is 0. The van der Waals surface area contributed by atoms with Gasteiger partial charge in [-0.25, -0.2) is 9.97 Å². The number of tetrazole rings is 1. The molecule has 3 aliphatic rings. The Hall–Kier alpha value is -6.15. The molecule has 6 aromatic rings. The van der Waals surface area contributed by atoms with Crippen molar-refractivity contribution in [1.82, 2.24) is 44.7 Å². The smallest absolute Gasteiger partial charge is 0.229 e. The minimum Gasteiger partial charge on any atom is -0.508 e. The maximum absolute atomic E-state index is 11.3. The summed E-state index contributed by atoms with van der Waals surface area (Å²) >= 11 is 0. The molecule has 6 N–H and O–H groups in total. The number of phenols is 2. The second-order valence-electron chi connectivity index (χ2n) is 14.7. The van der Waals surface area contributed by atoms with Gasteiger partial charge in [0.05, 0.1) is 38.0 Å². The van der Waals surface area contributed by atoms with E-state index in [0.717, 1.165) is 42.1 Å². The number of hydrogen-bond acceptors (Lipinski definition) is 17. The number of anilines is 4. The third-order valence-corrected chi connectivity index (χ3v) is 10.9. The number of ether oxygens (including phenoxy) is 2. The number of phenolic OH excluding ortho intramolecular Hbond substituents is 2. The average molecular weight is 792 g/mol. The summed E-state index contributed by atoms with van der Waals surface area (Å²) < 4.78 is 13.3. The highest BCUT2D eigenvalue weighted by atomic mass is 16.6. The normalized spacial score (nSPS) is 22.3. The molecular formula is C39H45N13O6. The van der Waals surface area contributed by atoms with Crippen LogP contribution in [-0.4, -0.2) is 129 Å². The van der Waals surface area contributed by atoms with Crippen molar-refractivity contribution in [3.8, 4) is 11.5 Å². The molecule has 58 heavy (non-hydrogen) atoms. The van der Waals surface area contributed by atoms with Crippen LogP contribution in [0.4, 0.5) is 23.3 Å². The summed E-state index contributed by atoms with van der Waals surface area (Å²) in [6.45, 7) is 7.02. The number of pyridine rings is 1. The first-order valence-electron chi connectivity index (χ1n) is 19.5. The second kappa shape index (κ2) is 16.0. The van der Waals surface area contributed by atoms with Gasteiger partial charge in [0, 0.05) is 44.7 Å². The number of rotatable bonds is 12. The van der Waals surface area contributed by atoms with Crippen LogP contribution in [0.5, 0.6) is 11.5 Å². The summed E-state index contributed by atoms with van der Waals surface area (Å²) in [5.74, 6) is 2.10. The zero-order chi connectivity index (χ0) is 39.8. The molecule has 19 heteroatoms. The summed E-state index contributed by atoms with van der Waals surface area (Å²) in [6, 6.07) is 18.2. The average Bonchev–Trinajstić information content (AvgIpc) is 4.07. The van der Waals surface area contributed by atoms with Gasteiger partial charge in [-0.3, -0.25) is 4.57 Å². The molecule has 9 rings (SSSR count). The monoisotopic (exact) mass is 791 g/mol. The molecule has 3 aliphatic heterocycles. The molecule has 7 heterocycles. The number of aliphatic hydroxyl groups excluding tert-OH is 2. The largest absolute Gasteiger partial charge is 0.508 e. The van der Waals surface area contributed by atoms with Crippen molar-refractivity contribution in [2.75, 3.05) is 66.4 Å². The standard InChI is InChI=1S/C39H45N13O6/c1-2-52-47-36(46-48-52)34-32(55)33(56)38(58-34)51-22-42-31-35(41-20-29(23-3-8-27(53)9-4-23)24-5-10-28(54)11-6-24)44-39(45-37(31)51)50-14-13-26(21-50)43-25-7-12-30(40-19-25)49-15-17-57-18-16-49/h3-12,19,22,26,29,32-34,38,43,53-56H,2,13-18,20-21H2,1H3,(H,41,44,45)/t26-,32+,33-,34+,38-/m1/s1. The van der Waals surface area contributed by atoms with E-state index in [1.54, 1.807) is 28.8 Å². The van der Waals surface area contributed by atoms with Crippen molar-refractivity contribution in [2.45, 2.75) is 56.4 Å². The fourth-order valence-corrected chi connectivity index (χ4v) is 7.75. The molecule has 0 bridgehead atoms. The zero-order valence-electron chi connectivity index (χ0n) is 31.8. The van der Waals surface area contributed by atoms with Crippen LogP contribution in [0.1, 0.15) is 48.5 Å². The first kappa shape index (κ1) is 37.4. The molecule has 0 amide bonds. The van der Waals surface area contributed by atoms with Crippen molar-refractivity contribution in [2.24, 2.45) is 0 Å². The lowest BCUT2D eigenvalue weighted by Crippen LogP contribution is -2.36. The SMILES string of the molecule is CCn1nnc([C@H]2O[C@@H](n3cnc4c(NCC(c5ccc(O)cc5)c5ccc(O)cc5)nc(N5CC[C@@H](Nc6ccc(N7CCOCC7)nc6)C5)nc43)[C@H](O)[C@@H]2O)n1. The van der Waals surface area contributed by atoms with Gasteiger partial charge in [0.2, 0.25) is 11.8 Å². The van der Waals surface area contributed by atoms with Crippen LogP contribution in [0.2, 0.25) is 0 Å². The van der Waals surface area contributed by atoms with E-state index in [9.17, 15) is 20.4 Å². The Bertz CT molecular complexity index is 2270. The van der Waals surface area contributed by atoms with E-state index in [1.165, 1.54) is 11.1 Å². The van der Waals surface area contributed by atoms with Gasteiger partial charge < -0.3 is 50.3 Å². The van der Waals surface area contributed by atoms with Gasteiger partial charge >= 0.3 is 0 Å². The predicted molar refractivity (Wildman–Crippen MR) is 212 cm³/mol. The van der Waals surface area contributed by atoms with Crippen molar-refractivity contribution >= 4 is 34.4 Å². The van der Waals surface area contributed by atoms with E-state index in [-0.39, 0.29) is 29.3 Å². The fraction of sp³-hybridized carbons (Fsp3) is 0.410. The van der Waals surface area contributed by atoms with Crippen molar-refractivity contribution in [3.63, 3.8) is 0 Å². The molecule has 5 atom stereocenters. The Balaban J connectivity index is 1.02. The van der Waals surface area contributed by atoms with Gasteiger partial charge in [0.1, 0.15) is 29.5 Å². The van der Waals surface area contributed by atoms with Crippen LogP contribution in [0.15, 0.2) is 73.2 Å². The number of hydrogen-bond donors (Lipinski definition) is 6. The number of aliphatic hydroxyl groups is 2. The van der Waals surface area contributed by atoms with Crippen LogP contribution >= 0.6 is 0 Å². The fourth-order valence-electron chi connectivity index (χ4n) is 7.75. The molecule has 302 valence electrons. The summed E-state index contributed by atoms with van der Waals surface area (Å²) in [4.78, 5) is 25.1. The van der Waals surface area contributed by atoms with E-state index >= 15 is 0 Å². The van der Waals surface area contributed by atoms with E-state index in [1.807, 2.05) is 43.5 Å². The third-order valence-electron chi connectivity index (χ3n) is 10.9. The highest BCUT2D eigenvalue weighted by Gasteiger charge is 2.47. The number of aromatic hydroxyl groups is 2. The summed E-state index contributed by atoms with van der Waals surface area (Å²) in [5.41, 5.74) is 3.61. The molecule has 0 aliphatic carbocycles. The van der Waals surface area contributed by atoms with Crippen molar-refractivity contribution in [3.05, 3.63) is 90.1 Å². The summed E-state index contributed by atoms with van der Waals surface area (Å²) in [5, 5.41) is 62.0. The Morgan fingerprint density at radius 3 is 2.28 bits per heavy atom. The lowest BCUT2D eigenvalue weighted by molar-refractivity contribution is -0.0384. The number of morpholine rings is 1. The Morgan fingerprint density at radius 1 is 0.862 bits per heavy atom. The van der Waals surface area contributed by atoms with Gasteiger partial charge in [-0.05, 0) is 66.1 Å². The lowest BCUT2D eigenvalue weighted by Gasteiger charge is -2.28. The maximum Gasteiger partial charge on any atom is 0.229 e. The number of imidazole rings is 1. The predicted octanol–water partition coefficient (Wildman–Crippen LogP) is 2.40. The Morgan fingerprint density at radius 2 is 1.60 bits per heavy atom. The second-order valence-corrected chi connectivity index (χ2v) is 14.7. The molecule has 4 aromatic heterocycles. The first-order chi connectivity index (χ1) is 28.3. The molecular weight excluding hydrogens is 747 g/mol. The molecule has 3 saturated heterocycles. The number of nitrogens with zero attached hydrogens (tertiary/aromatic N) is 11. The topological polar surface area (TPSA) is 230 Å². The number of nitrogens with one attached hydrogen (secondary N) is 2. The molecule has 3 fully saturated rings. The third kappa shape index (κ3) is 7.51. The molecule has 19 nitrogen and oxygen atoms in total. The van der Waals surface area contributed by atoms with Gasteiger partial charge in [-0.1, -0.05) is 24.3 Å². The number of fused-ring (bicyclic) bond motifs is 1. The first-order valence-corrected chi connectivity index (χ1v) is 19.5. The molecule has 0 unspecified atom stereocenters. The van der Waals surface area contributed by atoms with Gasteiger partial charge in [-0.2, -0.15) is 14.8 Å². The lowest BCUT2D eigenvalue weighted by atomic mass is 9.91. The van der Waals surface area contributed by atoms with Crippen LogP contribution < -0.4 is 20.4 Å². The van der Waals surface area contributed by atoms with E-state index in [4.69, 9.17) is 29.4 Å². The molecule has 0 radical (unpaired) electrons. The molecule has 2 aromatic carbocycles. The summed E-state index contributed by atoms with van der Waals surface area (Å²) in [6.07, 6.45) is -0.595. The minimum atomic E-state index is -1.36. The van der Waals surface area contributed by atoms with Gasteiger partial charge in [-0.15, -0.1) is 10.2 Å². The highest BCUT2D eigenvalue weighted by molar-refractivity contribution is 5.84. The Kier molecular flexibility index (Phi) is 10.3. The van der Waals surface area contributed by atoms with Crippen LogP contribution in [0.3, 0.4) is 0 Å². The number of aromatic nitrogens is 9. The van der Waals surface area contributed by atoms with Gasteiger partial charge in [0.25, 0.3) is 0 Å². The highest BCUT2D eigenvalue weighted by Crippen LogP contribution is 2.39. The maximum atomic E-state index is 11.3. The van der Waals surface area contributed by atoms with E-state index in [2.05, 4.69) is 41.9 Å². The Labute approximate surface area is 332 Å². The molecule has 0 saturated carbocycles.